The number of nitrogens with one attached hydrogen (secondary N) is 1. The minimum atomic E-state index is -0.670. The van der Waals surface area contributed by atoms with Gasteiger partial charge in [0.25, 0.3) is 11.8 Å². The van der Waals surface area contributed by atoms with E-state index in [-0.39, 0.29) is 10.1 Å². The second kappa shape index (κ2) is 10.5. The maximum atomic E-state index is 13.3. The molecule has 0 saturated carbocycles. The molecule has 0 atom stereocenters. The van der Waals surface area contributed by atoms with Crippen molar-refractivity contribution in [2.45, 2.75) is 0 Å². The molecule has 1 fully saturated rings. The summed E-state index contributed by atoms with van der Waals surface area (Å²) < 4.78 is 4.65. The normalized spacial score (nSPS) is 18.0. The van der Waals surface area contributed by atoms with Crippen LogP contribution in [0.3, 0.4) is 0 Å². The average Bonchev–Trinajstić information content (AvgIpc) is 3.23. The maximum absolute atomic E-state index is 13.3. The van der Waals surface area contributed by atoms with E-state index in [0.717, 1.165) is 34.5 Å². The van der Waals surface area contributed by atoms with Gasteiger partial charge in [-0.05, 0) is 52.2 Å². The first-order chi connectivity index (χ1) is 18.0. The van der Waals surface area contributed by atoms with Gasteiger partial charge >= 0.3 is 5.97 Å². The summed E-state index contributed by atoms with van der Waals surface area (Å²) in [5.74, 6) is -1.60. The highest BCUT2D eigenvalue weighted by atomic mass is 32.2. The fourth-order valence-corrected chi connectivity index (χ4v) is 4.60. The fourth-order valence-electron chi connectivity index (χ4n) is 3.70. The van der Waals surface area contributed by atoms with Crippen molar-refractivity contribution in [3.63, 3.8) is 0 Å². The van der Waals surface area contributed by atoms with Crippen molar-refractivity contribution in [1.82, 2.24) is 10.4 Å². The largest absolute Gasteiger partial charge is 0.466 e. The average molecular weight is 509 g/mol. The number of carbonyl (C=O) groups excluding carboxylic acids is 3. The van der Waals surface area contributed by atoms with Gasteiger partial charge < -0.3 is 4.74 Å². The Labute approximate surface area is 217 Å². The van der Waals surface area contributed by atoms with Gasteiger partial charge in [0.1, 0.15) is 0 Å². The molecule has 0 radical (unpaired) electrons. The first-order valence-corrected chi connectivity index (χ1v) is 12.0. The van der Waals surface area contributed by atoms with E-state index >= 15 is 0 Å². The first-order valence-electron chi connectivity index (χ1n) is 11.2. The summed E-state index contributed by atoms with van der Waals surface area (Å²) >= 11 is 0.948. The highest BCUT2D eigenvalue weighted by molar-refractivity contribution is 8.19. The number of nitrogens with zero attached hydrogens (tertiary/aromatic N) is 3. The Morgan fingerprint density at radius 2 is 1.70 bits per heavy atom. The second-order valence-corrected chi connectivity index (χ2v) is 9.01. The van der Waals surface area contributed by atoms with E-state index in [1.807, 2.05) is 60.7 Å². The topological polar surface area (TPSA) is 101 Å². The summed E-state index contributed by atoms with van der Waals surface area (Å²) in [6.07, 6.45) is 11.9. The number of amidine groups is 1. The number of esters is 1. The van der Waals surface area contributed by atoms with Crippen molar-refractivity contribution in [3.8, 4) is 0 Å². The van der Waals surface area contributed by atoms with Crippen LogP contribution in [0.25, 0.3) is 24.3 Å². The van der Waals surface area contributed by atoms with E-state index in [1.54, 1.807) is 24.4 Å². The van der Waals surface area contributed by atoms with Crippen LogP contribution in [0.4, 0.5) is 5.69 Å². The zero-order valence-corrected chi connectivity index (χ0v) is 20.4. The van der Waals surface area contributed by atoms with Crippen molar-refractivity contribution in [2.24, 2.45) is 5.10 Å². The van der Waals surface area contributed by atoms with Crippen molar-refractivity contribution < 1.29 is 19.1 Å². The van der Waals surface area contributed by atoms with Crippen molar-refractivity contribution in [2.75, 3.05) is 12.0 Å². The number of hydrogen-bond acceptors (Lipinski definition) is 7. The number of anilines is 1. The Balaban J connectivity index is 1.47. The molecule has 0 unspecified atom stereocenters. The number of carbonyl (C=O) groups is 3. The van der Waals surface area contributed by atoms with Gasteiger partial charge in [0, 0.05) is 17.8 Å². The number of ether oxygens (including phenoxy) is 1. The lowest BCUT2D eigenvalue weighted by Crippen LogP contribution is -2.31. The van der Waals surface area contributed by atoms with E-state index in [1.165, 1.54) is 18.2 Å². The third-order valence-corrected chi connectivity index (χ3v) is 6.56. The van der Waals surface area contributed by atoms with Crippen molar-refractivity contribution in [3.05, 3.63) is 106 Å². The summed E-state index contributed by atoms with van der Waals surface area (Å²) in [6, 6.07) is 17.0. The van der Waals surface area contributed by atoms with Gasteiger partial charge in [-0.3, -0.25) is 19.5 Å². The van der Waals surface area contributed by atoms with Crippen LogP contribution in [0.2, 0.25) is 0 Å². The van der Waals surface area contributed by atoms with Crippen LogP contribution in [0.5, 0.6) is 0 Å². The highest BCUT2D eigenvalue weighted by Crippen LogP contribution is 2.34. The van der Waals surface area contributed by atoms with E-state index in [0.29, 0.717) is 16.8 Å². The lowest BCUT2D eigenvalue weighted by Gasteiger charge is -2.15. The third-order valence-electron chi connectivity index (χ3n) is 5.60. The standard InChI is InChI=1S/C28H20N4O4S/c1-36-25(33)16-24-27(35)32(22-3-2-14-29-17-22)28(37-24)31-30-26(34)23-15-20-9-8-18-4-6-19(7-5-18)10-12-21(23)13-11-20/h2-17H,1H3,(H,30,34)/b9-8-,12-10-,18-8?,19-10?,20-9?,21-12?,24-16-,31-28-. The molecular weight excluding hydrogens is 488 g/mol. The number of hydrazone groups is 1. The summed E-state index contributed by atoms with van der Waals surface area (Å²) in [4.78, 5) is 43.5. The minimum absolute atomic E-state index is 0.111. The molecule has 1 saturated heterocycles. The Kier molecular flexibility index (Phi) is 6.78. The van der Waals surface area contributed by atoms with Gasteiger partial charge in [-0.2, -0.15) is 0 Å². The number of aromatic nitrogens is 1. The summed E-state index contributed by atoms with van der Waals surface area (Å²) in [6.45, 7) is 0. The predicted octanol–water partition coefficient (Wildman–Crippen LogP) is 4.57. The van der Waals surface area contributed by atoms with E-state index in [2.05, 4.69) is 20.2 Å². The Morgan fingerprint density at radius 3 is 2.41 bits per heavy atom. The zero-order valence-electron chi connectivity index (χ0n) is 19.6. The van der Waals surface area contributed by atoms with Gasteiger partial charge in [-0.25, -0.2) is 10.2 Å². The number of benzene rings is 2. The van der Waals surface area contributed by atoms with Gasteiger partial charge in [0.15, 0.2) is 5.17 Å². The number of methoxy groups -OCH3 is 1. The number of pyridine rings is 1. The van der Waals surface area contributed by atoms with Gasteiger partial charge in [-0.15, -0.1) is 5.10 Å². The van der Waals surface area contributed by atoms with Crippen LogP contribution >= 0.6 is 11.8 Å². The molecule has 2 heterocycles. The molecule has 4 bridgehead atoms. The fraction of sp³-hybridized carbons (Fsp3) is 0.0357. The highest BCUT2D eigenvalue weighted by Gasteiger charge is 2.36. The third kappa shape index (κ3) is 5.26. The van der Waals surface area contributed by atoms with Gasteiger partial charge in [-0.1, -0.05) is 60.7 Å². The SMILES string of the molecule is COC(=O)/C=C1\S/C(=N\NC(=O)c2cc3ccc2/C=C\c2ccc(cc2)/C=C\3)N(c2cccnc2)C1=O. The molecule has 37 heavy (non-hydrogen) atoms. The van der Waals surface area contributed by atoms with Gasteiger partial charge in [0.2, 0.25) is 0 Å². The number of rotatable bonds is 4. The number of hydrogen-bond donors (Lipinski definition) is 1. The lowest BCUT2D eigenvalue weighted by molar-refractivity contribution is -0.135. The molecule has 2 amide bonds. The Hall–Kier alpha value is -4.76. The number of amides is 2. The Morgan fingerprint density at radius 1 is 1.00 bits per heavy atom. The van der Waals surface area contributed by atoms with Crippen LogP contribution in [-0.4, -0.2) is 35.0 Å². The molecular formula is C28H20N4O4S. The molecule has 5 aliphatic rings. The van der Waals surface area contributed by atoms with Crippen LogP contribution in [0, 0.1) is 0 Å². The summed E-state index contributed by atoms with van der Waals surface area (Å²) in [5.41, 5.74) is 7.05. The summed E-state index contributed by atoms with van der Waals surface area (Å²) in [7, 11) is 1.23. The lowest BCUT2D eigenvalue weighted by atomic mass is 10.00. The molecule has 3 aromatic rings. The molecule has 1 aliphatic heterocycles. The van der Waals surface area contributed by atoms with Crippen LogP contribution in [0.1, 0.15) is 32.6 Å². The zero-order chi connectivity index (χ0) is 25.8. The van der Waals surface area contributed by atoms with E-state index < -0.39 is 17.8 Å². The van der Waals surface area contributed by atoms with Crippen LogP contribution in [-0.2, 0) is 14.3 Å². The predicted molar refractivity (Wildman–Crippen MR) is 145 cm³/mol. The second-order valence-electron chi connectivity index (χ2n) is 8.00. The van der Waals surface area contributed by atoms with E-state index in [9.17, 15) is 14.4 Å². The van der Waals surface area contributed by atoms with Crippen molar-refractivity contribution in [1.29, 1.82) is 0 Å². The number of thioether (sulfide) groups is 1. The molecule has 0 spiro atoms. The molecule has 1 N–H and O–H groups in total. The van der Waals surface area contributed by atoms with Crippen LogP contribution < -0.4 is 10.3 Å². The smallest absolute Gasteiger partial charge is 0.331 e. The maximum Gasteiger partial charge on any atom is 0.331 e. The summed E-state index contributed by atoms with van der Waals surface area (Å²) in [5, 5.41) is 4.41. The molecule has 8 rings (SSSR count). The van der Waals surface area contributed by atoms with Crippen LogP contribution in [0.15, 0.2) is 83.1 Å². The molecule has 1 aromatic heterocycles. The Bertz CT molecular complexity index is 1510. The first kappa shape index (κ1) is 24.0. The molecule has 2 aromatic carbocycles. The molecule has 9 heteroatoms. The molecule has 182 valence electrons. The van der Waals surface area contributed by atoms with Crippen molar-refractivity contribution >= 4 is 64.7 Å². The monoisotopic (exact) mass is 508 g/mol. The molecule has 4 aliphatic carbocycles. The molecule has 8 nitrogen and oxygen atoms in total. The minimum Gasteiger partial charge on any atom is -0.466 e. The quantitative estimate of drug-likeness (QED) is 0.246. The van der Waals surface area contributed by atoms with E-state index in [4.69, 9.17) is 0 Å². The van der Waals surface area contributed by atoms with Gasteiger partial charge in [0.05, 0.1) is 23.9 Å².